The van der Waals surface area contributed by atoms with Gasteiger partial charge in [-0.1, -0.05) is 12.1 Å². The van der Waals surface area contributed by atoms with Crippen LogP contribution in [0.5, 0.6) is 0 Å². The number of anilines is 1. The Kier molecular flexibility index (Phi) is 2.02. The lowest BCUT2D eigenvalue weighted by atomic mass is 10.1. The van der Waals surface area contributed by atoms with Crippen molar-refractivity contribution >= 4 is 34.2 Å². The van der Waals surface area contributed by atoms with E-state index < -0.39 is 5.79 Å². The van der Waals surface area contributed by atoms with Crippen molar-refractivity contribution in [3.05, 3.63) is 27.3 Å². The highest BCUT2D eigenvalue weighted by Crippen LogP contribution is 2.43. The molecule has 2 heterocycles. The van der Waals surface area contributed by atoms with Gasteiger partial charge in [-0.25, -0.2) is 0 Å². The molecule has 0 saturated carbocycles. The van der Waals surface area contributed by atoms with Crippen molar-refractivity contribution in [1.82, 2.24) is 0 Å². The Balaban J connectivity index is 2.21. The van der Waals surface area contributed by atoms with Crippen molar-refractivity contribution in [3.8, 4) is 0 Å². The van der Waals surface area contributed by atoms with E-state index in [2.05, 4.69) is 27.9 Å². The second kappa shape index (κ2) is 3.16. The Morgan fingerprint density at radius 1 is 1.33 bits per heavy atom. The van der Waals surface area contributed by atoms with E-state index in [0.29, 0.717) is 13.2 Å². The van der Waals surface area contributed by atoms with Crippen molar-refractivity contribution < 1.29 is 14.3 Å². The van der Waals surface area contributed by atoms with Gasteiger partial charge in [0.2, 0.25) is 0 Å². The molecule has 2 aliphatic heterocycles. The average Bonchev–Trinajstić information content (AvgIpc) is 2.79. The van der Waals surface area contributed by atoms with Crippen molar-refractivity contribution in [1.29, 1.82) is 0 Å². The van der Waals surface area contributed by atoms with Gasteiger partial charge in [0.05, 0.1) is 18.9 Å². The van der Waals surface area contributed by atoms with Gasteiger partial charge in [-0.3, -0.25) is 4.79 Å². The second-order valence-electron chi connectivity index (χ2n) is 3.43. The summed E-state index contributed by atoms with van der Waals surface area (Å²) in [5.41, 5.74) is 1.60. The Labute approximate surface area is 100 Å². The minimum absolute atomic E-state index is 0.223. The highest BCUT2D eigenvalue weighted by Gasteiger charge is 2.52. The molecule has 2 aliphatic rings. The van der Waals surface area contributed by atoms with Crippen LogP contribution < -0.4 is 5.32 Å². The third-order valence-corrected chi connectivity index (χ3v) is 3.50. The van der Waals surface area contributed by atoms with Gasteiger partial charge < -0.3 is 14.8 Å². The molecule has 1 saturated heterocycles. The number of hydrogen-bond donors (Lipinski definition) is 1. The first-order valence-electron chi connectivity index (χ1n) is 4.62. The summed E-state index contributed by atoms with van der Waals surface area (Å²) < 4.78 is 11.9. The third kappa shape index (κ3) is 1.17. The average molecular weight is 317 g/mol. The molecular formula is C10H8INO3. The van der Waals surface area contributed by atoms with Crippen LogP contribution in [0, 0.1) is 3.57 Å². The number of halogens is 1. The fourth-order valence-electron chi connectivity index (χ4n) is 1.94. The zero-order valence-corrected chi connectivity index (χ0v) is 9.91. The number of fused-ring (bicyclic) bond motifs is 2. The molecule has 0 unspecified atom stereocenters. The number of ether oxygens (including phenoxy) is 2. The van der Waals surface area contributed by atoms with Crippen LogP contribution in [-0.2, 0) is 20.1 Å². The SMILES string of the molecule is O=C1Nc2c(I)cccc2C12OCCO2. The first kappa shape index (κ1) is 9.56. The van der Waals surface area contributed by atoms with Crippen LogP contribution in [0.25, 0.3) is 0 Å². The molecule has 1 spiro atoms. The highest BCUT2D eigenvalue weighted by atomic mass is 127. The zero-order chi connectivity index (χ0) is 10.5. The maximum atomic E-state index is 11.8. The molecule has 1 N–H and O–H groups in total. The summed E-state index contributed by atoms with van der Waals surface area (Å²) >= 11 is 2.18. The summed E-state index contributed by atoms with van der Waals surface area (Å²) in [6.45, 7) is 0.913. The van der Waals surface area contributed by atoms with E-state index in [1.165, 1.54) is 0 Å². The molecule has 0 aliphatic carbocycles. The molecule has 0 bridgehead atoms. The number of carbonyl (C=O) groups excluding carboxylic acids is 1. The number of amides is 1. The van der Waals surface area contributed by atoms with Crippen LogP contribution in [0.1, 0.15) is 5.56 Å². The van der Waals surface area contributed by atoms with Crippen LogP contribution in [0.2, 0.25) is 0 Å². The Morgan fingerprint density at radius 3 is 2.80 bits per heavy atom. The summed E-state index contributed by atoms with van der Waals surface area (Å²) in [6, 6.07) is 5.70. The molecule has 1 amide bonds. The van der Waals surface area contributed by atoms with Crippen molar-refractivity contribution in [3.63, 3.8) is 0 Å². The van der Waals surface area contributed by atoms with E-state index in [1.807, 2.05) is 18.2 Å². The number of para-hydroxylation sites is 1. The monoisotopic (exact) mass is 317 g/mol. The molecule has 0 aromatic heterocycles. The van der Waals surface area contributed by atoms with E-state index in [1.54, 1.807) is 0 Å². The Bertz CT molecular complexity index is 440. The van der Waals surface area contributed by atoms with Gasteiger partial charge in [-0.2, -0.15) is 0 Å². The van der Waals surface area contributed by atoms with Gasteiger partial charge in [-0.05, 0) is 28.7 Å². The van der Waals surface area contributed by atoms with Crippen LogP contribution in [0.4, 0.5) is 5.69 Å². The Hall–Kier alpha value is -0.660. The van der Waals surface area contributed by atoms with Gasteiger partial charge in [0, 0.05) is 9.13 Å². The topological polar surface area (TPSA) is 47.6 Å². The number of hydrogen-bond acceptors (Lipinski definition) is 3. The third-order valence-electron chi connectivity index (χ3n) is 2.60. The first-order valence-corrected chi connectivity index (χ1v) is 5.70. The highest BCUT2D eigenvalue weighted by molar-refractivity contribution is 14.1. The van der Waals surface area contributed by atoms with Gasteiger partial charge in [-0.15, -0.1) is 0 Å². The molecule has 0 radical (unpaired) electrons. The van der Waals surface area contributed by atoms with Crippen molar-refractivity contribution in [2.75, 3.05) is 18.5 Å². The second-order valence-corrected chi connectivity index (χ2v) is 4.59. The van der Waals surface area contributed by atoms with Crippen LogP contribution in [0.15, 0.2) is 18.2 Å². The standard InChI is InChI=1S/C10H8INO3/c11-7-3-1-2-6-8(7)12-9(13)10(6)14-4-5-15-10/h1-3H,4-5H2,(H,12,13). The Morgan fingerprint density at radius 2 is 2.07 bits per heavy atom. The molecule has 5 heteroatoms. The van der Waals surface area contributed by atoms with Crippen molar-refractivity contribution in [2.24, 2.45) is 0 Å². The minimum atomic E-state index is -1.18. The molecule has 78 valence electrons. The summed E-state index contributed by atoms with van der Waals surface area (Å²) in [4.78, 5) is 11.8. The lowest BCUT2D eigenvalue weighted by Crippen LogP contribution is -2.35. The number of carbonyl (C=O) groups is 1. The summed E-state index contributed by atoms with van der Waals surface area (Å²) in [5.74, 6) is -1.41. The van der Waals surface area contributed by atoms with E-state index in [-0.39, 0.29) is 5.91 Å². The lowest BCUT2D eigenvalue weighted by molar-refractivity contribution is -0.178. The van der Waals surface area contributed by atoms with E-state index in [4.69, 9.17) is 9.47 Å². The molecule has 3 rings (SSSR count). The molecule has 1 aromatic rings. The predicted octanol–water partition coefficient (Wildman–Crippen LogP) is 1.44. The fraction of sp³-hybridized carbons (Fsp3) is 0.300. The summed E-state index contributed by atoms with van der Waals surface area (Å²) in [6.07, 6.45) is 0. The largest absolute Gasteiger partial charge is 0.336 e. The maximum absolute atomic E-state index is 11.8. The van der Waals surface area contributed by atoms with Crippen LogP contribution in [0.3, 0.4) is 0 Å². The molecule has 0 atom stereocenters. The molecule has 1 aromatic carbocycles. The summed E-state index contributed by atoms with van der Waals surface area (Å²) in [7, 11) is 0. The van der Waals surface area contributed by atoms with Crippen LogP contribution in [-0.4, -0.2) is 19.1 Å². The van der Waals surface area contributed by atoms with E-state index in [9.17, 15) is 4.79 Å². The quantitative estimate of drug-likeness (QED) is 0.737. The lowest BCUT2D eigenvalue weighted by Gasteiger charge is -2.18. The molecule has 1 fully saturated rings. The smallest absolute Gasteiger partial charge is 0.289 e. The van der Waals surface area contributed by atoms with Gasteiger partial charge in [0.25, 0.3) is 11.7 Å². The van der Waals surface area contributed by atoms with E-state index >= 15 is 0 Å². The number of nitrogens with one attached hydrogen (secondary N) is 1. The minimum Gasteiger partial charge on any atom is -0.336 e. The molecule has 4 nitrogen and oxygen atoms in total. The zero-order valence-electron chi connectivity index (χ0n) is 7.75. The van der Waals surface area contributed by atoms with Gasteiger partial charge >= 0.3 is 0 Å². The van der Waals surface area contributed by atoms with Crippen molar-refractivity contribution in [2.45, 2.75) is 5.79 Å². The van der Waals surface area contributed by atoms with Gasteiger partial charge in [0.15, 0.2) is 0 Å². The van der Waals surface area contributed by atoms with E-state index in [0.717, 1.165) is 14.8 Å². The fourth-order valence-corrected chi connectivity index (χ4v) is 2.58. The number of benzene rings is 1. The van der Waals surface area contributed by atoms with Crippen LogP contribution >= 0.6 is 22.6 Å². The molecule has 15 heavy (non-hydrogen) atoms. The summed E-state index contributed by atoms with van der Waals surface area (Å²) in [5, 5.41) is 2.80. The normalized spacial score (nSPS) is 21.8. The number of rotatable bonds is 0. The maximum Gasteiger partial charge on any atom is 0.289 e. The predicted molar refractivity (Wildman–Crippen MR) is 61.4 cm³/mol. The first-order chi connectivity index (χ1) is 7.24. The molecular weight excluding hydrogens is 309 g/mol. The van der Waals surface area contributed by atoms with Gasteiger partial charge in [0.1, 0.15) is 0 Å².